The standard InChI is InChI=1S/C18H21NO2/c1-13-7-4-5-10-17(13)16-9-6-8-15(11-16)12-19(3)14(2)18(20)21/h4-11,14H,12H2,1-3H3,(H,20,21). The van der Waals surface area contributed by atoms with E-state index in [9.17, 15) is 4.79 Å². The van der Waals surface area contributed by atoms with Crippen LogP contribution in [0.4, 0.5) is 0 Å². The number of benzene rings is 2. The molecule has 0 fully saturated rings. The van der Waals surface area contributed by atoms with Crippen LogP contribution >= 0.6 is 0 Å². The van der Waals surface area contributed by atoms with Crippen LogP contribution in [0.15, 0.2) is 48.5 Å². The maximum atomic E-state index is 11.0. The highest BCUT2D eigenvalue weighted by molar-refractivity contribution is 5.73. The largest absolute Gasteiger partial charge is 0.480 e. The van der Waals surface area contributed by atoms with Crippen LogP contribution in [0.25, 0.3) is 11.1 Å². The predicted octanol–water partition coefficient (Wildman–Crippen LogP) is 3.57. The zero-order valence-corrected chi connectivity index (χ0v) is 12.7. The van der Waals surface area contributed by atoms with Crippen molar-refractivity contribution in [2.24, 2.45) is 0 Å². The molecule has 2 aromatic rings. The molecular formula is C18H21NO2. The lowest BCUT2D eigenvalue weighted by Gasteiger charge is -2.21. The number of hydrogen-bond acceptors (Lipinski definition) is 2. The Morgan fingerprint density at radius 3 is 2.57 bits per heavy atom. The van der Waals surface area contributed by atoms with Gasteiger partial charge in [-0.15, -0.1) is 0 Å². The minimum Gasteiger partial charge on any atom is -0.480 e. The number of likely N-dealkylation sites (N-methyl/N-ethyl adjacent to an activating group) is 1. The molecule has 2 rings (SSSR count). The molecule has 0 aromatic heterocycles. The van der Waals surface area contributed by atoms with Gasteiger partial charge in [0, 0.05) is 6.54 Å². The number of carbonyl (C=O) groups is 1. The topological polar surface area (TPSA) is 40.5 Å². The summed E-state index contributed by atoms with van der Waals surface area (Å²) in [6.07, 6.45) is 0. The Kier molecular flexibility index (Phi) is 4.76. The maximum absolute atomic E-state index is 11.0. The van der Waals surface area contributed by atoms with Crippen molar-refractivity contribution >= 4 is 5.97 Å². The van der Waals surface area contributed by atoms with Crippen molar-refractivity contribution in [3.63, 3.8) is 0 Å². The summed E-state index contributed by atoms with van der Waals surface area (Å²) in [6.45, 7) is 4.42. The summed E-state index contributed by atoms with van der Waals surface area (Å²) in [6, 6.07) is 16.1. The first kappa shape index (κ1) is 15.3. The van der Waals surface area contributed by atoms with E-state index in [0.29, 0.717) is 6.54 Å². The van der Waals surface area contributed by atoms with Crippen LogP contribution in [0, 0.1) is 6.92 Å². The van der Waals surface area contributed by atoms with E-state index in [1.165, 1.54) is 16.7 Å². The molecule has 21 heavy (non-hydrogen) atoms. The predicted molar refractivity (Wildman–Crippen MR) is 85.2 cm³/mol. The zero-order valence-electron chi connectivity index (χ0n) is 12.7. The monoisotopic (exact) mass is 283 g/mol. The third-order valence-electron chi connectivity index (χ3n) is 3.83. The highest BCUT2D eigenvalue weighted by Gasteiger charge is 2.16. The summed E-state index contributed by atoms with van der Waals surface area (Å²) in [5.74, 6) is -0.799. The first-order valence-corrected chi connectivity index (χ1v) is 7.07. The van der Waals surface area contributed by atoms with E-state index in [1.54, 1.807) is 6.92 Å². The molecule has 0 spiro atoms. The van der Waals surface area contributed by atoms with Gasteiger partial charge in [-0.1, -0.05) is 42.5 Å². The summed E-state index contributed by atoms with van der Waals surface area (Å²) in [5.41, 5.74) is 4.74. The Hall–Kier alpha value is -2.13. The van der Waals surface area contributed by atoms with E-state index in [4.69, 9.17) is 5.11 Å². The molecule has 0 amide bonds. The second-order valence-corrected chi connectivity index (χ2v) is 5.44. The Labute approximate surface area is 125 Å². The molecule has 3 nitrogen and oxygen atoms in total. The number of aliphatic carboxylic acids is 1. The molecule has 0 aliphatic rings. The van der Waals surface area contributed by atoms with Crippen molar-refractivity contribution in [1.82, 2.24) is 4.90 Å². The fourth-order valence-electron chi connectivity index (χ4n) is 2.35. The molecule has 3 heteroatoms. The smallest absolute Gasteiger partial charge is 0.320 e. The Morgan fingerprint density at radius 1 is 1.19 bits per heavy atom. The molecule has 0 saturated carbocycles. The van der Waals surface area contributed by atoms with Crippen LogP contribution < -0.4 is 0 Å². The van der Waals surface area contributed by atoms with Crippen LogP contribution in [0.2, 0.25) is 0 Å². The van der Waals surface area contributed by atoms with Gasteiger partial charge in [0.15, 0.2) is 0 Å². The van der Waals surface area contributed by atoms with Crippen LogP contribution in [0.1, 0.15) is 18.1 Å². The van der Waals surface area contributed by atoms with Crippen molar-refractivity contribution in [3.05, 3.63) is 59.7 Å². The molecule has 0 heterocycles. The van der Waals surface area contributed by atoms with Gasteiger partial charge in [-0.05, 0) is 49.2 Å². The Morgan fingerprint density at radius 2 is 1.90 bits per heavy atom. The average Bonchev–Trinajstić information content (AvgIpc) is 2.47. The van der Waals surface area contributed by atoms with Crippen LogP contribution in [-0.2, 0) is 11.3 Å². The van der Waals surface area contributed by atoms with Crippen LogP contribution in [0.3, 0.4) is 0 Å². The van der Waals surface area contributed by atoms with E-state index in [2.05, 4.69) is 31.2 Å². The van der Waals surface area contributed by atoms with Crippen molar-refractivity contribution < 1.29 is 9.90 Å². The van der Waals surface area contributed by atoms with Gasteiger partial charge in [0.05, 0.1) is 0 Å². The highest BCUT2D eigenvalue weighted by atomic mass is 16.4. The van der Waals surface area contributed by atoms with Crippen molar-refractivity contribution in [1.29, 1.82) is 0 Å². The quantitative estimate of drug-likeness (QED) is 0.912. The number of rotatable bonds is 5. The molecule has 0 aliphatic carbocycles. The Bertz CT molecular complexity index is 637. The molecular weight excluding hydrogens is 262 g/mol. The minimum atomic E-state index is -0.799. The zero-order chi connectivity index (χ0) is 15.4. The average molecular weight is 283 g/mol. The number of aryl methyl sites for hydroxylation is 1. The normalized spacial score (nSPS) is 12.4. The van der Waals surface area contributed by atoms with Crippen molar-refractivity contribution in [2.75, 3.05) is 7.05 Å². The third-order valence-corrected chi connectivity index (χ3v) is 3.83. The lowest BCUT2D eigenvalue weighted by molar-refractivity contribution is -0.142. The summed E-state index contributed by atoms with van der Waals surface area (Å²) in [7, 11) is 1.83. The fraction of sp³-hybridized carbons (Fsp3) is 0.278. The number of nitrogens with zero attached hydrogens (tertiary/aromatic N) is 1. The number of carboxylic acid groups (broad SMARTS) is 1. The fourth-order valence-corrected chi connectivity index (χ4v) is 2.35. The van der Waals surface area contributed by atoms with Crippen LogP contribution in [0.5, 0.6) is 0 Å². The molecule has 2 aromatic carbocycles. The maximum Gasteiger partial charge on any atom is 0.320 e. The van der Waals surface area contributed by atoms with Gasteiger partial charge in [-0.3, -0.25) is 9.69 Å². The molecule has 0 aliphatic heterocycles. The molecule has 1 unspecified atom stereocenters. The SMILES string of the molecule is Cc1ccccc1-c1cccc(CN(C)C(C)C(=O)O)c1. The van der Waals surface area contributed by atoms with Crippen molar-refractivity contribution in [2.45, 2.75) is 26.4 Å². The highest BCUT2D eigenvalue weighted by Crippen LogP contribution is 2.24. The van der Waals surface area contributed by atoms with Gasteiger partial charge < -0.3 is 5.11 Å². The summed E-state index contributed by atoms with van der Waals surface area (Å²) in [4.78, 5) is 12.9. The van der Waals surface area contributed by atoms with Gasteiger partial charge in [0.25, 0.3) is 0 Å². The van der Waals surface area contributed by atoms with Gasteiger partial charge in [-0.25, -0.2) is 0 Å². The second kappa shape index (κ2) is 6.55. The van der Waals surface area contributed by atoms with Gasteiger partial charge >= 0.3 is 5.97 Å². The van der Waals surface area contributed by atoms with Gasteiger partial charge in [0.2, 0.25) is 0 Å². The number of carboxylic acids is 1. The summed E-state index contributed by atoms with van der Waals surface area (Å²) >= 11 is 0. The van der Waals surface area contributed by atoms with Crippen LogP contribution in [-0.4, -0.2) is 29.1 Å². The van der Waals surface area contributed by atoms with E-state index in [-0.39, 0.29) is 0 Å². The summed E-state index contributed by atoms with van der Waals surface area (Å²) < 4.78 is 0. The molecule has 0 radical (unpaired) electrons. The van der Waals surface area contributed by atoms with E-state index in [0.717, 1.165) is 5.56 Å². The molecule has 1 atom stereocenters. The van der Waals surface area contributed by atoms with Gasteiger partial charge in [-0.2, -0.15) is 0 Å². The summed E-state index contributed by atoms with van der Waals surface area (Å²) in [5, 5.41) is 9.06. The van der Waals surface area contributed by atoms with Gasteiger partial charge in [0.1, 0.15) is 6.04 Å². The Balaban J connectivity index is 2.23. The van der Waals surface area contributed by atoms with E-state index >= 15 is 0 Å². The first-order valence-electron chi connectivity index (χ1n) is 7.07. The first-order chi connectivity index (χ1) is 9.99. The molecule has 0 bridgehead atoms. The molecule has 110 valence electrons. The minimum absolute atomic E-state index is 0.493. The van der Waals surface area contributed by atoms with E-state index in [1.807, 2.05) is 36.2 Å². The third kappa shape index (κ3) is 3.70. The lowest BCUT2D eigenvalue weighted by Crippen LogP contribution is -2.35. The van der Waals surface area contributed by atoms with Crippen molar-refractivity contribution in [3.8, 4) is 11.1 Å². The van der Waals surface area contributed by atoms with E-state index < -0.39 is 12.0 Å². The second-order valence-electron chi connectivity index (χ2n) is 5.44. The molecule has 0 saturated heterocycles. The molecule has 1 N–H and O–H groups in total. The lowest BCUT2D eigenvalue weighted by atomic mass is 9.99. The number of hydrogen-bond donors (Lipinski definition) is 1.